The Kier molecular flexibility index (Phi) is 6.19. The summed E-state index contributed by atoms with van der Waals surface area (Å²) in [5, 5.41) is 0. The molecule has 1 rings (SSSR count). The van der Waals surface area contributed by atoms with Gasteiger partial charge in [0.25, 0.3) is 0 Å². The minimum absolute atomic E-state index is 0.118. The minimum Gasteiger partial charge on any atom is -0.490 e. The van der Waals surface area contributed by atoms with Crippen molar-refractivity contribution < 1.29 is 14.3 Å². The summed E-state index contributed by atoms with van der Waals surface area (Å²) in [6.45, 7) is 6.58. The zero-order chi connectivity index (χ0) is 13.5. The maximum absolute atomic E-state index is 10.8. The highest BCUT2D eigenvalue weighted by molar-refractivity contribution is 9.10. The summed E-state index contributed by atoms with van der Waals surface area (Å²) in [5.74, 6) is 1.28. The molecule has 0 saturated heterocycles. The maximum Gasteiger partial charge on any atom is 0.175 e. The fraction of sp³-hybridized carbons (Fsp3) is 0.500. The third-order valence-electron chi connectivity index (χ3n) is 2.48. The number of ether oxygens (including phenoxy) is 2. The monoisotopic (exact) mass is 314 g/mol. The third-order valence-corrected chi connectivity index (χ3v) is 3.07. The Morgan fingerprint density at radius 2 is 2.11 bits per heavy atom. The SMILES string of the molecule is CCCC(C)Oc1c(Br)cc(C=O)cc1OCC. The Hall–Kier alpha value is -1.03. The molecule has 100 valence electrons. The summed E-state index contributed by atoms with van der Waals surface area (Å²) in [5.41, 5.74) is 0.570. The van der Waals surface area contributed by atoms with E-state index in [2.05, 4.69) is 22.9 Å². The average molecular weight is 315 g/mol. The Balaban J connectivity index is 3.03. The van der Waals surface area contributed by atoms with Crippen LogP contribution in [0.2, 0.25) is 0 Å². The lowest BCUT2D eigenvalue weighted by atomic mass is 10.2. The molecule has 0 N–H and O–H groups in total. The Morgan fingerprint density at radius 3 is 2.67 bits per heavy atom. The topological polar surface area (TPSA) is 35.5 Å². The largest absolute Gasteiger partial charge is 0.490 e. The van der Waals surface area contributed by atoms with Crippen molar-refractivity contribution in [2.75, 3.05) is 6.61 Å². The molecule has 1 aromatic rings. The molecule has 0 bridgehead atoms. The van der Waals surface area contributed by atoms with Crippen molar-refractivity contribution >= 4 is 22.2 Å². The van der Waals surface area contributed by atoms with Gasteiger partial charge < -0.3 is 9.47 Å². The summed E-state index contributed by atoms with van der Waals surface area (Å²) in [4.78, 5) is 10.8. The number of benzene rings is 1. The quantitative estimate of drug-likeness (QED) is 0.707. The fourth-order valence-corrected chi connectivity index (χ4v) is 2.25. The van der Waals surface area contributed by atoms with Crippen LogP contribution in [0.25, 0.3) is 0 Å². The van der Waals surface area contributed by atoms with Crippen LogP contribution in [0.5, 0.6) is 11.5 Å². The zero-order valence-electron chi connectivity index (χ0n) is 11.0. The van der Waals surface area contributed by atoms with Gasteiger partial charge in [0.1, 0.15) is 6.29 Å². The van der Waals surface area contributed by atoms with Crippen LogP contribution in [0.3, 0.4) is 0 Å². The molecule has 0 radical (unpaired) electrons. The highest BCUT2D eigenvalue weighted by Gasteiger charge is 2.14. The van der Waals surface area contributed by atoms with Gasteiger partial charge in [-0.2, -0.15) is 0 Å². The molecule has 0 spiro atoms. The lowest BCUT2D eigenvalue weighted by Gasteiger charge is -2.18. The number of hydrogen-bond donors (Lipinski definition) is 0. The minimum atomic E-state index is 0.118. The first-order chi connectivity index (χ1) is 8.62. The number of carbonyl (C=O) groups is 1. The zero-order valence-corrected chi connectivity index (χ0v) is 12.6. The van der Waals surface area contributed by atoms with E-state index in [1.807, 2.05) is 13.8 Å². The number of rotatable bonds is 7. The number of aldehydes is 1. The molecular formula is C14H19BrO3. The Morgan fingerprint density at radius 1 is 1.39 bits per heavy atom. The van der Waals surface area contributed by atoms with Crippen molar-refractivity contribution in [2.45, 2.75) is 39.7 Å². The van der Waals surface area contributed by atoms with E-state index in [0.717, 1.165) is 23.6 Å². The molecule has 0 heterocycles. The summed E-state index contributed by atoms with van der Waals surface area (Å²) >= 11 is 3.42. The first kappa shape index (κ1) is 15.0. The number of halogens is 1. The predicted molar refractivity (Wildman–Crippen MR) is 75.7 cm³/mol. The summed E-state index contributed by atoms with van der Waals surface area (Å²) < 4.78 is 12.2. The normalized spacial score (nSPS) is 12.0. The van der Waals surface area contributed by atoms with Crippen LogP contribution in [0.4, 0.5) is 0 Å². The van der Waals surface area contributed by atoms with Gasteiger partial charge in [-0.15, -0.1) is 0 Å². The van der Waals surface area contributed by atoms with Gasteiger partial charge in [0, 0.05) is 5.56 Å². The van der Waals surface area contributed by atoms with Crippen LogP contribution in [-0.4, -0.2) is 19.0 Å². The van der Waals surface area contributed by atoms with Gasteiger partial charge in [0.2, 0.25) is 0 Å². The third kappa shape index (κ3) is 4.02. The van der Waals surface area contributed by atoms with Gasteiger partial charge in [0.15, 0.2) is 11.5 Å². The molecule has 0 aliphatic rings. The molecule has 0 amide bonds. The molecule has 0 aromatic heterocycles. The Labute approximate surface area is 117 Å². The van der Waals surface area contributed by atoms with Crippen molar-refractivity contribution in [2.24, 2.45) is 0 Å². The first-order valence-electron chi connectivity index (χ1n) is 6.20. The molecule has 3 nitrogen and oxygen atoms in total. The van der Waals surface area contributed by atoms with E-state index in [4.69, 9.17) is 9.47 Å². The second-order valence-electron chi connectivity index (χ2n) is 4.10. The van der Waals surface area contributed by atoms with Crippen molar-refractivity contribution in [3.8, 4) is 11.5 Å². The van der Waals surface area contributed by atoms with E-state index in [1.54, 1.807) is 12.1 Å². The van der Waals surface area contributed by atoms with Crippen LogP contribution in [-0.2, 0) is 0 Å². The molecule has 0 fully saturated rings. The van der Waals surface area contributed by atoms with E-state index < -0.39 is 0 Å². The molecule has 0 aliphatic heterocycles. The smallest absolute Gasteiger partial charge is 0.175 e. The molecule has 0 aliphatic carbocycles. The summed E-state index contributed by atoms with van der Waals surface area (Å²) in [6, 6.07) is 3.44. The van der Waals surface area contributed by atoms with Crippen molar-refractivity contribution in [3.63, 3.8) is 0 Å². The van der Waals surface area contributed by atoms with E-state index in [-0.39, 0.29) is 6.10 Å². The van der Waals surface area contributed by atoms with E-state index in [9.17, 15) is 4.79 Å². The average Bonchev–Trinajstić information content (AvgIpc) is 2.33. The van der Waals surface area contributed by atoms with E-state index in [0.29, 0.717) is 23.7 Å². The van der Waals surface area contributed by atoms with Gasteiger partial charge in [0.05, 0.1) is 17.2 Å². The Bertz CT molecular complexity index is 404. The standard InChI is InChI=1S/C14H19BrO3/c1-4-6-10(3)18-14-12(15)7-11(9-16)8-13(14)17-5-2/h7-10H,4-6H2,1-3H3. The lowest BCUT2D eigenvalue weighted by molar-refractivity contribution is 0.112. The molecular weight excluding hydrogens is 296 g/mol. The van der Waals surface area contributed by atoms with E-state index >= 15 is 0 Å². The van der Waals surface area contributed by atoms with Gasteiger partial charge in [-0.3, -0.25) is 4.79 Å². The van der Waals surface area contributed by atoms with E-state index in [1.165, 1.54) is 0 Å². The molecule has 18 heavy (non-hydrogen) atoms. The van der Waals surface area contributed by atoms with Gasteiger partial charge >= 0.3 is 0 Å². The van der Waals surface area contributed by atoms with Crippen molar-refractivity contribution in [3.05, 3.63) is 22.2 Å². The predicted octanol–water partition coefficient (Wildman–Crippen LogP) is 4.23. The molecule has 4 heteroatoms. The van der Waals surface area contributed by atoms with Gasteiger partial charge in [-0.1, -0.05) is 13.3 Å². The summed E-state index contributed by atoms with van der Waals surface area (Å²) in [6.07, 6.45) is 2.96. The lowest BCUT2D eigenvalue weighted by Crippen LogP contribution is -2.12. The van der Waals surface area contributed by atoms with Gasteiger partial charge in [-0.05, 0) is 48.3 Å². The van der Waals surface area contributed by atoms with Crippen molar-refractivity contribution in [1.82, 2.24) is 0 Å². The van der Waals surface area contributed by atoms with Crippen LogP contribution < -0.4 is 9.47 Å². The first-order valence-corrected chi connectivity index (χ1v) is 6.99. The second-order valence-corrected chi connectivity index (χ2v) is 4.95. The summed E-state index contributed by atoms with van der Waals surface area (Å²) in [7, 11) is 0. The molecule has 1 unspecified atom stereocenters. The van der Waals surface area contributed by atoms with Crippen LogP contribution in [0, 0.1) is 0 Å². The van der Waals surface area contributed by atoms with Gasteiger partial charge in [-0.25, -0.2) is 0 Å². The molecule has 1 atom stereocenters. The highest BCUT2D eigenvalue weighted by atomic mass is 79.9. The van der Waals surface area contributed by atoms with Crippen molar-refractivity contribution in [1.29, 1.82) is 0 Å². The highest BCUT2D eigenvalue weighted by Crippen LogP contribution is 2.37. The fourth-order valence-electron chi connectivity index (χ4n) is 1.70. The number of carbonyl (C=O) groups excluding carboxylic acids is 1. The van der Waals surface area contributed by atoms with Crippen LogP contribution in [0.15, 0.2) is 16.6 Å². The maximum atomic E-state index is 10.8. The molecule has 0 saturated carbocycles. The van der Waals surface area contributed by atoms with Crippen LogP contribution in [0.1, 0.15) is 44.0 Å². The number of hydrogen-bond acceptors (Lipinski definition) is 3. The van der Waals surface area contributed by atoms with Crippen LogP contribution >= 0.6 is 15.9 Å². The second kappa shape index (κ2) is 7.41. The molecule has 1 aromatic carbocycles.